The molecule has 0 radical (unpaired) electrons. The molecule has 3 fully saturated rings. The van der Waals surface area contributed by atoms with E-state index in [0.29, 0.717) is 11.7 Å². The van der Waals surface area contributed by atoms with Crippen molar-refractivity contribution >= 4 is 5.82 Å². The second-order valence-corrected chi connectivity index (χ2v) is 7.14. The number of fused-ring (bicyclic) bond motifs is 5. The average molecular weight is 280 g/mol. The molecule has 1 aromatic heterocycles. The van der Waals surface area contributed by atoms with Gasteiger partial charge < -0.3 is 10.3 Å². The summed E-state index contributed by atoms with van der Waals surface area (Å²) in [5.74, 6) is 5.75. The first-order valence-corrected chi connectivity index (χ1v) is 8.06. The third kappa shape index (κ3) is 1.47. The molecule has 4 atom stereocenters. The standard InChI is InChI=1S/C18H20N2O/c1-9-4-2-3-5-12(9)15-17(21-20-18(15)19)16-13-10-6-7-11(8-10)14(13)16/h2-5,10-11,13-14,16H,6-8H2,1H3,(H2,19,20). The summed E-state index contributed by atoms with van der Waals surface area (Å²) in [6.45, 7) is 2.13. The van der Waals surface area contributed by atoms with Crippen LogP contribution in [0.4, 0.5) is 5.82 Å². The van der Waals surface area contributed by atoms with Crippen LogP contribution in [0.25, 0.3) is 11.1 Å². The van der Waals surface area contributed by atoms with Crippen molar-refractivity contribution in [2.45, 2.75) is 32.1 Å². The Morgan fingerprint density at radius 3 is 2.57 bits per heavy atom. The van der Waals surface area contributed by atoms with Gasteiger partial charge in [0.1, 0.15) is 5.76 Å². The van der Waals surface area contributed by atoms with Crippen LogP contribution in [0.5, 0.6) is 0 Å². The summed E-state index contributed by atoms with van der Waals surface area (Å²) < 4.78 is 5.71. The molecule has 1 heterocycles. The van der Waals surface area contributed by atoms with Crippen LogP contribution in [0.15, 0.2) is 28.8 Å². The van der Waals surface area contributed by atoms with Gasteiger partial charge in [-0.3, -0.25) is 0 Å². The quantitative estimate of drug-likeness (QED) is 0.904. The number of nitrogens with zero attached hydrogens (tertiary/aromatic N) is 1. The zero-order valence-corrected chi connectivity index (χ0v) is 12.3. The maximum absolute atomic E-state index is 6.14. The number of aryl methyl sites for hydroxylation is 1. The van der Waals surface area contributed by atoms with Crippen LogP contribution in [-0.2, 0) is 0 Å². The second kappa shape index (κ2) is 3.90. The normalized spacial score (nSPS) is 36.0. The lowest BCUT2D eigenvalue weighted by molar-refractivity contribution is 0.364. The first kappa shape index (κ1) is 11.8. The largest absolute Gasteiger partial charge is 0.380 e. The van der Waals surface area contributed by atoms with Crippen molar-refractivity contribution in [1.29, 1.82) is 0 Å². The molecule has 5 rings (SSSR count). The van der Waals surface area contributed by atoms with Gasteiger partial charge in [-0.15, -0.1) is 0 Å². The minimum absolute atomic E-state index is 0.552. The molecule has 108 valence electrons. The van der Waals surface area contributed by atoms with Crippen molar-refractivity contribution in [2.75, 3.05) is 5.73 Å². The van der Waals surface area contributed by atoms with Gasteiger partial charge in [-0.25, -0.2) is 0 Å². The highest BCUT2D eigenvalue weighted by Gasteiger charge is 2.67. The van der Waals surface area contributed by atoms with Crippen molar-refractivity contribution in [3.8, 4) is 11.1 Å². The van der Waals surface area contributed by atoms with E-state index in [2.05, 4.69) is 36.3 Å². The minimum Gasteiger partial charge on any atom is -0.380 e. The molecule has 1 aromatic carbocycles. The smallest absolute Gasteiger partial charge is 0.175 e. The summed E-state index contributed by atoms with van der Waals surface area (Å²) in [6, 6.07) is 8.39. The van der Waals surface area contributed by atoms with Crippen LogP contribution in [0.3, 0.4) is 0 Å². The third-order valence-electron chi connectivity index (χ3n) is 6.20. The Balaban J connectivity index is 1.60. The summed E-state index contributed by atoms with van der Waals surface area (Å²) in [4.78, 5) is 0. The van der Waals surface area contributed by atoms with Gasteiger partial charge in [0.15, 0.2) is 5.82 Å². The number of nitrogens with two attached hydrogens (primary N) is 1. The van der Waals surface area contributed by atoms with Crippen molar-refractivity contribution < 1.29 is 4.52 Å². The molecular weight excluding hydrogens is 260 g/mol. The van der Waals surface area contributed by atoms with Crippen molar-refractivity contribution in [3.05, 3.63) is 35.6 Å². The van der Waals surface area contributed by atoms with Crippen LogP contribution < -0.4 is 5.73 Å². The Morgan fingerprint density at radius 1 is 1.14 bits per heavy atom. The van der Waals surface area contributed by atoms with E-state index in [-0.39, 0.29) is 0 Å². The van der Waals surface area contributed by atoms with E-state index in [9.17, 15) is 0 Å². The monoisotopic (exact) mass is 280 g/mol. The van der Waals surface area contributed by atoms with Gasteiger partial charge >= 0.3 is 0 Å². The molecule has 3 heteroatoms. The lowest BCUT2D eigenvalue weighted by Crippen LogP contribution is -1.99. The molecule has 0 aliphatic heterocycles. The number of nitrogen functional groups attached to an aromatic ring is 1. The summed E-state index contributed by atoms with van der Waals surface area (Å²) in [5.41, 5.74) is 9.62. The maximum atomic E-state index is 6.14. The van der Waals surface area contributed by atoms with Gasteiger partial charge in [0.25, 0.3) is 0 Å². The number of aromatic nitrogens is 1. The van der Waals surface area contributed by atoms with Gasteiger partial charge in [-0.05, 0) is 61.0 Å². The molecule has 0 saturated heterocycles. The fourth-order valence-corrected chi connectivity index (χ4v) is 5.34. The highest BCUT2D eigenvalue weighted by molar-refractivity contribution is 5.78. The van der Waals surface area contributed by atoms with E-state index in [1.165, 1.54) is 30.4 Å². The number of hydrogen-bond donors (Lipinski definition) is 1. The summed E-state index contributed by atoms with van der Waals surface area (Å²) >= 11 is 0. The molecule has 2 N–H and O–H groups in total. The Bertz CT molecular complexity index is 704. The number of benzene rings is 1. The fraction of sp³-hybridized carbons (Fsp3) is 0.500. The van der Waals surface area contributed by atoms with Crippen LogP contribution in [0.2, 0.25) is 0 Å². The molecule has 21 heavy (non-hydrogen) atoms. The number of rotatable bonds is 2. The number of anilines is 1. The van der Waals surface area contributed by atoms with Crippen molar-refractivity contribution in [3.63, 3.8) is 0 Å². The Hall–Kier alpha value is -1.77. The molecule has 3 saturated carbocycles. The lowest BCUT2D eigenvalue weighted by Gasteiger charge is -2.09. The summed E-state index contributed by atoms with van der Waals surface area (Å²) in [5, 5.41) is 4.10. The van der Waals surface area contributed by atoms with Gasteiger partial charge in [0, 0.05) is 5.92 Å². The van der Waals surface area contributed by atoms with Gasteiger partial charge in [0.05, 0.1) is 5.56 Å². The second-order valence-electron chi connectivity index (χ2n) is 7.14. The van der Waals surface area contributed by atoms with Crippen molar-refractivity contribution in [2.24, 2.45) is 23.7 Å². The van der Waals surface area contributed by atoms with Gasteiger partial charge in [0.2, 0.25) is 0 Å². The Morgan fingerprint density at radius 2 is 1.86 bits per heavy atom. The highest BCUT2D eigenvalue weighted by atomic mass is 16.5. The first-order chi connectivity index (χ1) is 10.3. The topological polar surface area (TPSA) is 52.0 Å². The predicted octanol–water partition coefficient (Wildman–Crippen LogP) is 3.99. The molecule has 3 nitrogen and oxygen atoms in total. The molecule has 3 aliphatic rings. The van der Waals surface area contributed by atoms with Gasteiger partial charge in [-0.2, -0.15) is 0 Å². The minimum atomic E-state index is 0.552. The lowest BCUT2D eigenvalue weighted by atomic mass is 9.94. The highest BCUT2D eigenvalue weighted by Crippen LogP contribution is 2.73. The summed E-state index contributed by atoms with van der Waals surface area (Å²) in [6.07, 6.45) is 4.30. The average Bonchev–Trinajstić information content (AvgIpc) is 2.81. The van der Waals surface area contributed by atoms with E-state index in [1.54, 1.807) is 0 Å². The third-order valence-corrected chi connectivity index (χ3v) is 6.20. The van der Waals surface area contributed by atoms with Gasteiger partial charge in [-0.1, -0.05) is 29.4 Å². The number of hydrogen-bond acceptors (Lipinski definition) is 3. The zero-order chi connectivity index (χ0) is 14.1. The molecule has 0 spiro atoms. The van der Waals surface area contributed by atoms with Crippen LogP contribution in [0, 0.1) is 30.6 Å². The predicted molar refractivity (Wildman–Crippen MR) is 81.6 cm³/mol. The molecular formula is C18H20N2O. The molecule has 2 bridgehead atoms. The van der Waals surface area contributed by atoms with E-state index in [4.69, 9.17) is 10.3 Å². The first-order valence-electron chi connectivity index (χ1n) is 8.06. The Kier molecular flexibility index (Phi) is 2.20. The maximum Gasteiger partial charge on any atom is 0.175 e. The SMILES string of the molecule is Cc1ccccc1-c1c(N)noc1C1C2C3CCC(C3)C12. The van der Waals surface area contributed by atoms with E-state index in [0.717, 1.165) is 35.0 Å². The van der Waals surface area contributed by atoms with E-state index < -0.39 is 0 Å². The van der Waals surface area contributed by atoms with Crippen LogP contribution >= 0.6 is 0 Å². The van der Waals surface area contributed by atoms with Crippen molar-refractivity contribution in [1.82, 2.24) is 5.16 Å². The molecule has 2 aromatic rings. The van der Waals surface area contributed by atoms with Crippen LogP contribution in [0.1, 0.15) is 36.5 Å². The molecule has 3 aliphatic carbocycles. The van der Waals surface area contributed by atoms with E-state index >= 15 is 0 Å². The molecule has 0 amide bonds. The van der Waals surface area contributed by atoms with E-state index in [1.807, 2.05) is 0 Å². The summed E-state index contributed by atoms with van der Waals surface area (Å²) in [7, 11) is 0. The Labute approximate surface area is 124 Å². The van der Waals surface area contributed by atoms with Crippen LogP contribution in [-0.4, -0.2) is 5.16 Å². The molecule has 4 unspecified atom stereocenters. The zero-order valence-electron chi connectivity index (χ0n) is 12.3. The fourth-order valence-electron chi connectivity index (χ4n) is 5.34.